The number of anilines is 1. The maximum atomic E-state index is 13.2. The van der Waals surface area contributed by atoms with Crippen LogP contribution in [0, 0.1) is 11.6 Å². The van der Waals surface area contributed by atoms with E-state index in [1.54, 1.807) is 18.2 Å². The molecule has 0 spiro atoms. The first-order chi connectivity index (χ1) is 11.5. The van der Waals surface area contributed by atoms with Gasteiger partial charge in [0.15, 0.2) is 0 Å². The molecule has 6 heteroatoms. The van der Waals surface area contributed by atoms with E-state index in [-0.39, 0.29) is 5.69 Å². The van der Waals surface area contributed by atoms with Crippen molar-refractivity contribution in [3.8, 4) is 0 Å². The van der Waals surface area contributed by atoms with Crippen LogP contribution in [0.3, 0.4) is 0 Å². The van der Waals surface area contributed by atoms with Gasteiger partial charge in [0.2, 0.25) is 0 Å². The van der Waals surface area contributed by atoms with Gasteiger partial charge in [0.05, 0.1) is 6.21 Å². The summed E-state index contributed by atoms with van der Waals surface area (Å²) in [7, 11) is 0. The molecule has 0 heterocycles. The second-order valence-corrected chi connectivity index (χ2v) is 5.21. The Hall–Kier alpha value is -3.28. The Morgan fingerprint density at radius 1 is 0.958 bits per heavy atom. The highest BCUT2D eigenvalue weighted by Crippen LogP contribution is 2.19. The van der Waals surface area contributed by atoms with Gasteiger partial charge in [-0.2, -0.15) is 5.10 Å². The number of carbonyl (C=O) groups excluding carboxylic acids is 1. The van der Waals surface area contributed by atoms with Crippen LogP contribution in [0.5, 0.6) is 0 Å². The van der Waals surface area contributed by atoms with Crippen LogP contribution >= 0.6 is 0 Å². The Labute approximate surface area is 136 Å². The normalized spacial score (nSPS) is 11.1. The molecule has 1 amide bonds. The highest BCUT2D eigenvalue weighted by atomic mass is 19.1. The number of hydrogen-bond acceptors (Lipinski definition) is 3. The molecule has 0 saturated carbocycles. The molecule has 120 valence electrons. The summed E-state index contributed by atoms with van der Waals surface area (Å²) < 4.78 is 26.4. The van der Waals surface area contributed by atoms with Crippen LogP contribution in [-0.2, 0) is 0 Å². The fourth-order valence-corrected chi connectivity index (χ4v) is 2.40. The molecule has 0 saturated heterocycles. The summed E-state index contributed by atoms with van der Waals surface area (Å²) in [5.74, 6) is 3.17. The van der Waals surface area contributed by atoms with Crippen LogP contribution in [0.4, 0.5) is 14.5 Å². The summed E-state index contributed by atoms with van der Waals surface area (Å²) in [5, 5.41) is 7.72. The monoisotopic (exact) mass is 325 g/mol. The van der Waals surface area contributed by atoms with Crippen molar-refractivity contribution in [1.82, 2.24) is 0 Å². The summed E-state index contributed by atoms with van der Waals surface area (Å²) in [6.07, 6.45) is 1.53. The van der Waals surface area contributed by atoms with E-state index in [9.17, 15) is 13.6 Å². The molecule has 0 aliphatic rings. The van der Waals surface area contributed by atoms with Gasteiger partial charge >= 0.3 is 0 Å². The first-order valence-electron chi connectivity index (χ1n) is 7.10. The smallest absolute Gasteiger partial charge is 0.255 e. The number of nitrogens with one attached hydrogen (secondary N) is 1. The van der Waals surface area contributed by atoms with Crippen molar-refractivity contribution < 1.29 is 13.6 Å². The summed E-state index contributed by atoms with van der Waals surface area (Å²) >= 11 is 0. The Kier molecular flexibility index (Phi) is 4.20. The van der Waals surface area contributed by atoms with Crippen molar-refractivity contribution in [1.29, 1.82) is 0 Å². The molecule has 0 unspecified atom stereocenters. The van der Waals surface area contributed by atoms with Gasteiger partial charge in [-0.3, -0.25) is 4.79 Å². The highest BCUT2D eigenvalue weighted by molar-refractivity contribution is 6.06. The van der Waals surface area contributed by atoms with Crippen molar-refractivity contribution in [2.75, 3.05) is 5.32 Å². The molecule has 3 aromatic carbocycles. The zero-order valence-electron chi connectivity index (χ0n) is 12.5. The maximum absolute atomic E-state index is 13.2. The van der Waals surface area contributed by atoms with Crippen molar-refractivity contribution in [2.45, 2.75) is 0 Å². The van der Waals surface area contributed by atoms with E-state index in [0.29, 0.717) is 5.56 Å². The standard InChI is InChI=1S/C18H13F2N3O/c19-15-7-16(20)9-17(8-15)23-18(24)14-4-3-12-5-11(10-22-21)1-2-13(12)6-14/h1-10H,21H2,(H,23,24). The molecule has 4 nitrogen and oxygen atoms in total. The molecule has 24 heavy (non-hydrogen) atoms. The average Bonchev–Trinajstić information content (AvgIpc) is 2.53. The van der Waals surface area contributed by atoms with E-state index in [1.165, 1.54) is 6.21 Å². The Balaban J connectivity index is 1.88. The second-order valence-electron chi connectivity index (χ2n) is 5.21. The molecule has 0 aliphatic carbocycles. The van der Waals surface area contributed by atoms with Crippen LogP contribution in [0.25, 0.3) is 10.8 Å². The largest absolute Gasteiger partial charge is 0.323 e. The number of rotatable bonds is 3. The van der Waals surface area contributed by atoms with Crippen LogP contribution in [0.2, 0.25) is 0 Å². The number of nitrogens with two attached hydrogens (primary N) is 1. The van der Waals surface area contributed by atoms with E-state index in [4.69, 9.17) is 5.84 Å². The molecule has 0 bridgehead atoms. The topological polar surface area (TPSA) is 67.5 Å². The van der Waals surface area contributed by atoms with E-state index >= 15 is 0 Å². The fourth-order valence-electron chi connectivity index (χ4n) is 2.40. The van der Waals surface area contributed by atoms with Crippen molar-refractivity contribution in [3.63, 3.8) is 0 Å². The molecular formula is C18H13F2N3O. The predicted molar refractivity (Wildman–Crippen MR) is 90.0 cm³/mol. The summed E-state index contributed by atoms with van der Waals surface area (Å²) in [6.45, 7) is 0. The van der Waals surface area contributed by atoms with E-state index in [0.717, 1.165) is 34.5 Å². The Morgan fingerprint density at radius 3 is 2.33 bits per heavy atom. The highest BCUT2D eigenvalue weighted by Gasteiger charge is 2.09. The number of benzene rings is 3. The predicted octanol–water partition coefficient (Wildman–Crippen LogP) is 3.66. The van der Waals surface area contributed by atoms with Crippen LogP contribution in [0.15, 0.2) is 59.7 Å². The molecular weight excluding hydrogens is 312 g/mol. The van der Waals surface area contributed by atoms with Crippen LogP contribution in [-0.4, -0.2) is 12.1 Å². The lowest BCUT2D eigenvalue weighted by Crippen LogP contribution is -2.12. The molecule has 0 atom stereocenters. The van der Waals surface area contributed by atoms with Gasteiger partial charge in [-0.25, -0.2) is 8.78 Å². The SMILES string of the molecule is NN=Cc1ccc2cc(C(=O)Nc3cc(F)cc(F)c3)ccc2c1. The quantitative estimate of drug-likeness (QED) is 0.438. The minimum absolute atomic E-state index is 0.0621. The first kappa shape index (κ1) is 15.6. The molecule has 3 aromatic rings. The van der Waals surface area contributed by atoms with E-state index < -0.39 is 17.5 Å². The number of hydrazone groups is 1. The number of amides is 1. The molecule has 0 aromatic heterocycles. The molecule has 0 aliphatic heterocycles. The summed E-state index contributed by atoms with van der Waals surface area (Å²) in [4.78, 5) is 12.3. The first-order valence-corrected chi connectivity index (χ1v) is 7.10. The lowest BCUT2D eigenvalue weighted by Gasteiger charge is -2.07. The Bertz CT molecular complexity index is 934. The number of fused-ring (bicyclic) bond motifs is 1. The van der Waals surface area contributed by atoms with Gasteiger partial charge in [-0.15, -0.1) is 0 Å². The zero-order valence-corrected chi connectivity index (χ0v) is 12.5. The second kappa shape index (κ2) is 6.45. The third kappa shape index (κ3) is 3.38. The molecule has 0 fully saturated rings. The van der Waals surface area contributed by atoms with Gasteiger partial charge in [-0.05, 0) is 46.7 Å². The van der Waals surface area contributed by atoms with E-state index in [1.807, 2.05) is 18.2 Å². The van der Waals surface area contributed by atoms with Gasteiger partial charge in [0, 0.05) is 17.3 Å². The van der Waals surface area contributed by atoms with Gasteiger partial charge < -0.3 is 11.2 Å². The maximum Gasteiger partial charge on any atom is 0.255 e. The zero-order chi connectivity index (χ0) is 17.1. The molecule has 0 radical (unpaired) electrons. The van der Waals surface area contributed by atoms with Crippen molar-refractivity contribution >= 4 is 28.6 Å². The van der Waals surface area contributed by atoms with Crippen molar-refractivity contribution in [2.24, 2.45) is 10.9 Å². The summed E-state index contributed by atoms with van der Waals surface area (Å²) in [5.41, 5.74) is 1.29. The summed E-state index contributed by atoms with van der Waals surface area (Å²) in [6, 6.07) is 13.5. The van der Waals surface area contributed by atoms with Gasteiger partial charge in [0.25, 0.3) is 5.91 Å². The molecule has 3 N–H and O–H groups in total. The van der Waals surface area contributed by atoms with Crippen molar-refractivity contribution in [3.05, 3.63) is 77.4 Å². The number of nitrogens with zero attached hydrogens (tertiary/aromatic N) is 1. The van der Waals surface area contributed by atoms with E-state index in [2.05, 4.69) is 10.4 Å². The third-order valence-electron chi connectivity index (χ3n) is 3.47. The number of halogens is 2. The lowest BCUT2D eigenvalue weighted by molar-refractivity contribution is 0.102. The number of hydrogen-bond donors (Lipinski definition) is 2. The van der Waals surface area contributed by atoms with Gasteiger partial charge in [-0.1, -0.05) is 18.2 Å². The molecule has 3 rings (SSSR count). The van der Waals surface area contributed by atoms with Crippen LogP contribution < -0.4 is 11.2 Å². The number of carbonyl (C=O) groups is 1. The van der Waals surface area contributed by atoms with Gasteiger partial charge in [0.1, 0.15) is 11.6 Å². The lowest BCUT2D eigenvalue weighted by atomic mass is 10.0. The third-order valence-corrected chi connectivity index (χ3v) is 3.47. The Morgan fingerprint density at radius 2 is 1.62 bits per heavy atom. The van der Waals surface area contributed by atoms with Crippen LogP contribution in [0.1, 0.15) is 15.9 Å². The average molecular weight is 325 g/mol. The minimum Gasteiger partial charge on any atom is -0.323 e. The minimum atomic E-state index is -0.752. The fraction of sp³-hybridized carbons (Fsp3) is 0.